The molecule has 1 aliphatic rings. The Morgan fingerprint density at radius 3 is 2.85 bits per heavy atom. The van der Waals surface area contributed by atoms with Gasteiger partial charge in [-0.05, 0) is 32.2 Å². The Morgan fingerprint density at radius 2 is 2.15 bits per heavy atom. The van der Waals surface area contributed by atoms with Crippen LogP contribution >= 0.6 is 11.8 Å². The van der Waals surface area contributed by atoms with Crippen LogP contribution in [0.3, 0.4) is 0 Å². The molecule has 1 fully saturated rings. The summed E-state index contributed by atoms with van der Waals surface area (Å²) in [5.41, 5.74) is 0. The van der Waals surface area contributed by atoms with Crippen molar-refractivity contribution in [1.82, 2.24) is 14.9 Å². The molecule has 20 heavy (non-hydrogen) atoms. The number of nitrogens with one attached hydrogen (secondary N) is 1. The molecular formula is C16H29N3S. The van der Waals surface area contributed by atoms with Crippen molar-refractivity contribution in [3.8, 4) is 0 Å². The van der Waals surface area contributed by atoms with Crippen LogP contribution in [-0.4, -0.2) is 27.1 Å². The SMILES string of the molecule is CCCNC(CSC1CCCC1)c1nccn1CCC. The normalized spacial score (nSPS) is 17.7. The second-order valence-electron chi connectivity index (χ2n) is 5.73. The fourth-order valence-corrected chi connectivity index (χ4v) is 4.29. The van der Waals surface area contributed by atoms with E-state index < -0.39 is 0 Å². The van der Waals surface area contributed by atoms with E-state index in [0.717, 1.165) is 24.1 Å². The van der Waals surface area contributed by atoms with Crippen LogP contribution in [0.5, 0.6) is 0 Å². The number of thioether (sulfide) groups is 1. The third-order valence-electron chi connectivity index (χ3n) is 3.97. The Balaban J connectivity index is 1.95. The molecule has 0 saturated heterocycles. The van der Waals surface area contributed by atoms with Crippen LogP contribution < -0.4 is 5.32 Å². The molecule has 0 amide bonds. The zero-order valence-corrected chi connectivity index (χ0v) is 13.8. The van der Waals surface area contributed by atoms with Crippen LogP contribution in [0.25, 0.3) is 0 Å². The number of hydrogen-bond acceptors (Lipinski definition) is 3. The van der Waals surface area contributed by atoms with Gasteiger partial charge in [-0.15, -0.1) is 0 Å². The highest BCUT2D eigenvalue weighted by molar-refractivity contribution is 7.99. The molecule has 0 aliphatic heterocycles. The second-order valence-corrected chi connectivity index (χ2v) is 7.06. The van der Waals surface area contributed by atoms with Crippen LogP contribution in [0.2, 0.25) is 0 Å². The lowest BCUT2D eigenvalue weighted by Gasteiger charge is -2.21. The average Bonchev–Trinajstić information content (AvgIpc) is 3.11. The molecule has 1 aliphatic carbocycles. The largest absolute Gasteiger partial charge is 0.334 e. The van der Waals surface area contributed by atoms with Gasteiger partial charge >= 0.3 is 0 Å². The van der Waals surface area contributed by atoms with Gasteiger partial charge in [-0.1, -0.05) is 26.7 Å². The van der Waals surface area contributed by atoms with E-state index in [-0.39, 0.29) is 0 Å². The lowest BCUT2D eigenvalue weighted by Crippen LogP contribution is -2.27. The monoisotopic (exact) mass is 295 g/mol. The van der Waals surface area contributed by atoms with Crippen molar-refractivity contribution in [1.29, 1.82) is 0 Å². The first kappa shape index (κ1) is 15.9. The van der Waals surface area contributed by atoms with Crippen LogP contribution in [0.4, 0.5) is 0 Å². The summed E-state index contributed by atoms with van der Waals surface area (Å²) in [4.78, 5) is 4.62. The summed E-state index contributed by atoms with van der Waals surface area (Å²) in [5, 5.41) is 4.58. The number of nitrogens with zero attached hydrogens (tertiary/aromatic N) is 2. The summed E-state index contributed by atoms with van der Waals surface area (Å²) in [6.07, 6.45) is 12.1. The Hall–Kier alpha value is -0.480. The van der Waals surface area contributed by atoms with E-state index in [4.69, 9.17) is 0 Å². The number of rotatable bonds is 9. The van der Waals surface area contributed by atoms with Gasteiger partial charge in [-0.25, -0.2) is 4.98 Å². The van der Waals surface area contributed by atoms with Crippen molar-refractivity contribution in [3.05, 3.63) is 18.2 Å². The first-order chi connectivity index (χ1) is 9.85. The maximum Gasteiger partial charge on any atom is 0.126 e. The van der Waals surface area contributed by atoms with Gasteiger partial charge in [0.15, 0.2) is 0 Å². The summed E-state index contributed by atoms with van der Waals surface area (Å²) >= 11 is 2.15. The first-order valence-corrected chi connectivity index (χ1v) is 9.26. The van der Waals surface area contributed by atoms with Gasteiger partial charge in [0.25, 0.3) is 0 Å². The molecule has 1 atom stereocenters. The van der Waals surface area contributed by atoms with Crippen LogP contribution in [0.15, 0.2) is 12.4 Å². The van der Waals surface area contributed by atoms with Crippen LogP contribution in [0, 0.1) is 0 Å². The Bertz CT molecular complexity index is 372. The second kappa shape index (κ2) is 8.73. The molecule has 1 saturated carbocycles. The smallest absolute Gasteiger partial charge is 0.126 e. The summed E-state index contributed by atoms with van der Waals surface area (Å²) in [5.74, 6) is 2.39. The molecule has 1 N–H and O–H groups in total. The maximum atomic E-state index is 4.62. The average molecular weight is 295 g/mol. The van der Waals surface area contributed by atoms with E-state index in [0.29, 0.717) is 6.04 Å². The Kier molecular flexibility index (Phi) is 6.94. The molecule has 0 bridgehead atoms. The van der Waals surface area contributed by atoms with Gasteiger partial charge in [0.05, 0.1) is 6.04 Å². The molecule has 1 aromatic heterocycles. The van der Waals surface area contributed by atoms with Gasteiger partial charge in [0.1, 0.15) is 5.82 Å². The van der Waals surface area contributed by atoms with Gasteiger partial charge in [-0.3, -0.25) is 0 Å². The highest BCUT2D eigenvalue weighted by Crippen LogP contribution is 2.31. The molecule has 4 heteroatoms. The van der Waals surface area contributed by atoms with E-state index in [9.17, 15) is 0 Å². The van der Waals surface area contributed by atoms with E-state index in [1.807, 2.05) is 6.20 Å². The minimum absolute atomic E-state index is 0.405. The molecule has 0 radical (unpaired) electrons. The number of hydrogen-bond donors (Lipinski definition) is 1. The molecule has 0 spiro atoms. The summed E-state index contributed by atoms with van der Waals surface area (Å²) in [6, 6.07) is 0.405. The summed E-state index contributed by atoms with van der Waals surface area (Å²) in [7, 11) is 0. The number of aryl methyl sites for hydroxylation is 1. The third-order valence-corrected chi connectivity index (χ3v) is 5.43. The predicted molar refractivity (Wildman–Crippen MR) is 88.3 cm³/mol. The molecule has 1 heterocycles. The van der Waals surface area contributed by atoms with Crippen molar-refractivity contribution in [2.45, 2.75) is 70.2 Å². The highest BCUT2D eigenvalue weighted by atomic mass is 32.2. The van der Waals surface area contributed by atoms with Crippen molar-refractivity contribution < 1.29 is 0 Å². The van der Waals surface area contributed by atoms with Gasteiger partial charge in [0, 0.05) is 29.9 Å². The van der Waals surface area contributed by atoms with Gasteiger partial charge in [-0.2, -0.15) is 11.8 Å². The standard InChI is InChI=1S/C16H29N3S/c1-3-9-17-15(13-20-14-7-5-6-8-14)16-18-10-12-19(16)11-4-2/h10,12,14-15,17H,3-9,11,13H2,1-2H3. The van der Waals surface area contributed by atoms with Gasteiger partial charge in [0.2, 0.25) is 0 Å². The lowest BCUT2D eigenvalue weighted by atomic mass is 10.3. The molecule has 0 aromatic carbocycles. The Labute approximate surface area is 127 Å². The predicted octanol–water partition coefficient (Wildman–Crippen LogP) is 4.01. The number of aromatic nitrogens is 2. The molecular weight excluding hydrogens is 266 g/mol. The van der Waals surface area contributed by atoms with Crippen molar-refractivity contribution in [2.75, 3.05) is 12.3 Å². The fraction of sp³-hybridized carbons (Fsp3) is 0.812. The van der Waals surface area contributed by atoms with E-state index in [1.165, 1.54) is 44.3 Å². The maximum absolute atomic E-state index is 4.62. The van der Waals surface area contributed by atoms with Crippen molar-refractivity contribution in [2.24, 2.45) is 0 Å². The van der Waals surface area contributed by atoms with E-state index >= 15 is 0 Å². The third kappa shape index (κ3) is 4.52. The van der Waals surface area contributed by atoms with E-state index in [1.54, 1.807) is 0 Å². The van der Waals surface area contributed by atoms with Crippen LogP contribution in [0.1, 0.15) is 64.2 Å². The zero-order chi connectivity index (χ0) is 14.2. The quantitative estimate of drug-likeness (QED) is 0.746. The van der Waals surface area contributed by atoms with E-state index in [2.05, 4.69) is 46.7 Å². The molecule has 1 unspecified atom stereocenters. The first-order valence-electron chi connectivity index (χ1n) is 8.21. The highest BCUT2D eigenvalue weighted by Gasteiger charge is 2.21. The topological polar surface area (TPSA) is 29.9 Å². The van der Waals surface area contributed by atoms with Crippen molar-refractivity contribution in [3.63, 3.8) is 0 Å². The fourth-order valence-electron chi connectivity index (χ4n) is 2.89. The van der Waals surface area contributed by atoms with Crippen molar-refractivity contribution >= 4 is 11.8 Å². The number of imidazole rings is 1. The zero-order valence-electron chi connectivity index (χ0n) is 13.0. The van der Waals surface area contributed by atoms with Gasteiger partial charge < -0.3 is 9.88 Å². The molecule has 2 rings (SSSR count). The molecule has 3 nitrogen and oxygen atoms in total. The Morgan fingerprint density at radius 1 is 1.35 bits per heavy atom. The van der Waals surface area contributed by atoms with Crippen LogP contribution in [-0.2, 0) is 6.54 Å². The summed E-state index contributed by atoms with van der Waals surface area (Å²) < 4.78 is 2.32. The molecule has 1 aromatic rings. The minimum Gasteiger partial charge on any atom is -0.334 e. The summed E-state index contributed by atoms with van der Waals surface area (Å²) in [6.45, 7) is 6.61. The lowest BCUT2D eigenvalue weighted by molar-refractivity contribution is 0.512. The molecule has 114 valence electrons. The minimum atomic E-state index is 0.405.